The van der Waals surface area contributed by atoms with Crippen LogP contribution in [-0.4, -0.2) is 27.1 Å². The average molecular weight is 428 g/mol. The van der Waals surface area contributed by atoms with Gasteiger partial charge in [0.2, 0.25) is 0 Å². The lowest BCUT2D eigenvalue weighted by Crippen LogP contribution is -2.39. The third-order valence-electron chi connectivity index (χ3n) is 3.94. The highest BCUT2D eigenvalue weighted by molar-refractivity contribution is 7.92. The van der Waals surface area contributed by atoms with Gasteiger partial charge in [-0.25, -0.2) is 13.8 Å². The molecule has 0 saturated carbocycles. The molecule has 1 N–H and O–H groups in total. The van der Waals surface area contributed by atoms with Gasteiger partial charge >= 0.3 is 0 Å². The first-order valence-corrected chi connectivity index (χ1v) is 10.5. The van der Waals surface area contributed by atoms with Crippen molar-refractivity contribution in [2.75, 3.05) is 10.8 Å². The van der Waals surface area contributed by atoms with Crippen LogP contribution in [0.5, 0.6) is 0 Å². The fourth-order valence-electron chi connectivity index (χ4n) is 2.52. The van der Waals surface area contributed by atoms with Gasteiger partial charge in [0.25, 0.3) is 15.9 Å². The van der Waals surface area contributed by atoms with Gasteiger partial charge in [0.05, 0.1) is 16.8 Å². The number of nitrogens with one attached hydrogen (secondary N) is 1. The molecule has 3 rings (SSSR count). The van der Waals surface area contributed by atoms with E-state index in [-0.39, 0.29) is 4.90 Å². The molecular weight excluding hydrogens is 410 g/mol. The summed E-state index contributed by atoms with van der Waals surface area (Å²) in [6.07, 6.45) is 1.45. The molecule has 3 aromatic rings. The molecule has 0 aliphatic heterocycles. The van der Waals surface area contributed by atoms with Gasteiger partial charge in [-0.05, 0) is 42.0 Å². The SMILES string of the molecule is O=C(CN(c1ccccc1)S(=O)(=O)c1ccccc1)N/N=C\c1ccc(Cl)cc1. The Balaban J connectivity index is 1.78. The summed E-state index contributed by atoms with van der Waals surface area (Å²) in [5, 5.41) is 4.48. The lowest BCUT2D eigenvalue weighted by Gasteiger charge is -2.23. The maximum Gasteiger partial charge on any atom is 0.264 e. The predicted molar refractivity (Wildman–Crippen MR) is 115 cm³/mol. The summed E-state index contributed by atoms with van der Waals surface area (Å²) in [5.74, 6) is -0.571. The highest BCUT2D eigenvalue weighted by Crippen LogP contribution is 2.23. The van der Waals surface area contributed by atoms with Crippen molar-refractivity contribution in [1.29, 1.82) is 0 Å². The van der Waals surface area contributed by atoms with Gasteiger partial charge in [0.15, 0.2) is 0 Å². The normalized spacial score (nSPS) is 11.3. The van der Waals surface area contributed by atoms with Gasteiger partial charge in [0, 0.05) is 5.02 Å². The molecule has 0 unspecified atom stereocenters. The molecule has 29 heavy (non-hydrogen) atoms. The van der Waals surface area contributed by atoms with Crippen molar-refractivity contribution in [1.82, 2.24) is 5.43 Å². The number of rotatable bonds is 7. The highest BCUT2D eigenvalue weighted by atomic mass is 35.5. The first-order valence-electron chi connectivity index (χ1n) is 8.67. The van der Waals surface area contributed by atoms with Crippen LogP contribution in [0.1, 0.15) is 5.56 Å². The van der Waals surface area contributed by atoms with Gasteiger partial charge < -0.3 is 0 Å². The predicted octanol–water partition coefficient (Wildman–Crippen LogP) is 3.69. The van der Waals surface area contributed by atoms with Gasteiger partial charge in [-0.15, -0.1) is 0 Å². The van der Waals surface area contributed by atoms with Gasteiger partial charge in [-0.3, -0.25) is 9.10 Å². The first-order chi connectivity index (χ1) is 14.0. The van der Waals surface area contributed by atoms with Crippen LogP contribution < -0.4 is 9.73 Å². The smallest absolute Gasteiger partial charge is 0.264 e. The van der Waals surface area contributed by atoms with Gasteiger partial charge in [-0.2, -0.15) is 5.10 Å². The summed E-state index contributed by atoms with van der Waals surface area (Å²) < 4.78 is 27.2. The summed E-state index contributed by atoms with van der Waals surface area (Å²) >= 11 is 5.83. The molecule has 0 aliphatic carbocycles. The van der Waals surface area contributed by atoms with E-state index >= 15 is 0 Å². The summed E-state index contributed by atoms with van der Waals surface area (Å²) in [5.41, 5.74) is 3.49. The number of sulfonamides is 1. The summed E-state index contributed by atoms with van der Waals surface area (Å²) in [6.45, 7) is -0.417. The topological polar surface area (TPSA) is 78.8 Å². The van der Waals surface area contributed by atoms with Crippen LogP contribution in [0.3, 0.4) is 0 Å². The van der Waals surface area contributed by atoms with Crippen LogP contribution in [0.2, 0.25) is 5.02 Å². The molecule has 6 nitrogen and oxygen atoms in total. The highest BCUT2D eigenvalue weighted by Gasteiger charge is 2.26. The number of nitrogens with zero attached hydrogens (tertiary/aromatic N) is 2. The second-order valence-electron chi connectivity index (χ2n) is 6.01. The fraction of sp³-hybridized carbons (Fsp3) is 0.0476. The van der Waals surface area contributed by atoms with E-state index in [0.717, 1.165) is 9.87 Å². The standard InChI is InChI=1S/C21H18ClN3O3S/c22-18-13-11-17(12-14-18)15-23-24-21(26)16-25(19-7-3-1-4-8-19)29(27,28)20-9-5-2-6-10-20/h1-15H,16H2,(H,24,26)/b23-15-. The Morgan fingerprint density at radius 1 is 0.931 bits per heavy atom. The number of para-hydroxylation sites is 1. The molecule has 0 aliphatic rings. The largest absolute Gasteiger partial charge is 0.271 e. The minimum Gasteiger partial charge on any atom is -0.271 e. The molecule has 0 radical (unpaired) electrons. The van der Waals surface area contributed by atoms with E-state index < -0.39 is 22.5 Å². The molecule has 8 heteroatoms. The van der Waals surface area contributed by atoms with Crippen molar-refractivity contribution in [2.45, 2.75) is 4.90 Å². The number of halogens is 1. The van der Waals surface area contributed by atoms with Crippen molar-refractivity contribution in [3.63, 3.8) is 0 Å². The van der Waals surface area contributed by atoms with E-state index in [1.54, 1.807) is 72.8 Å². The zero-order valence-corrected chi connectivity index (χ0v) is 16.8. The first kappa shape index (κ1) is 20.6. The quantitative estimate of drug-likeness (QED) is 0.461. The summed E-state index contributed by atoms with van der Waals surface area (Å²) in [7, 11) is -3.93. The van der Waals surface area contributed by atoms with Crippen LogP contribution >= 0.6 is 11.6 Å². The molecule has 1 amide bonds. The Morgan fingerprint density at radius 3 is 2.14 bits per heavy atom. The molecule has 0 bridgehead atoms. The van der Waals surface area contributed by atoms with E-state index in [9.17, 15) is 13.2 Å². The van der Waals surface area contributed by atoms with E-state index in [2.05, 4.69) is 10.5 Å². The second-order valence-corrected chi connectivity index (χ2v) is 8.30. The molecule has 0 saturated heterocycles. The Hall–Kier alpha value is -3.16. The summed E-state index contributed by atoms with van der Waals surface area (Å²) in [4.78, 5) is 12.5. The van der Waals surface area contributed by atoms with Gasteiger partial charge in [0.1, 0.15) is 6.54 Å². The number of amides is 1. The Labute approximate surface area is 174 Å². The zero-order valence-electron chi connectivity index (χ0n) is 15.3. The van der Waals surface area contributed by atoms with Crippen LogP contribution in [-0.2, 0) is 14.8 Å². The number of carbonyl (C=O) groups excluding carboxylic acids is 1. The fourth-order valence-corrected chi connectivity index (χ4v) is 4.09. The Bertz CT molecular complexity index is 1090. The van der Waals surface area contributed by atoms with Crippen LogP contribution in [0, 0.1) is 0 Å². The van der Waals surface area contributed by atoms with Crippen LogP contribution in [0.15, 0.2) is 94.9 Å². The molecule has 148 valence electrons. The Kier molecular flexibility index (Phi) is 6.64. The third kappa shape index (κ3) is 5.43. The average Bonchev–Trinajstić information content (AvgIpc) is 2.74. The molecule has 0 aromatic heterocycles. The van der Waals surface area contributed by atoms with Gasteiger partial charge in [-0.1, -0.05) is 60.1 Å². The molecule has 0 atom stereocenters. The van der Waals surface area contributed by atoms with E-state index in [1.807, 2.05) is 0 Å². The van der Waals surface area contributed by atoms with E-state index in [4.69, 9.17) is 11.6 Å². The number of anilines is 1. The van der Waals surface area contributed by atoms with Crippen molar-refractivity contribution in [3.05, 3.63) is 95.5 Å². The van der Waals surface area contributed by atoms with Crippen LogP contribution in [0.4, 0.5) is 5.69 Å². The number of hydrogen-bond donors (Lipinski definition) is 1. The Morgan fingerprint density at radius 2 is 1.52 bits per heavy atom. The lowest BCUT2D eigenvalue weighted by molar-refractivity contribution is -0.119. The van der Waals surface area contributed by atoms with E-state index in [0.29, 0.717) is 10.7 Å². The van der Waals surface area contributed by atoms with Crippen LogP contribution in [0.25, 0.3) is 0 Å². The second kappa shape index (κ2) is 9.36. The number of hydrazone groups is 1. The summed E-state index contributed by atoms with van der Waals surface area (Å²) in [6, 6.07) is 23.3. The zero-order chi connectivity index (χ0) is 20.7. The molecule has 0 spiro atoms. The molecular formula is C21H18ClN3O3S. The van der Waals surface area contributed by atoms with Crippen molar-refractivity contribution in [3.8, 4) is 0 Å². The van der Waals surface area contributed by atoms with Crippen molar-refractivity contribution < 1.29 is 13.2 Å². The molecule has 0 fully saturated rings. The monoisotopic (exact) mass is 427 g/mol. The molecule has 3 aromatic carbocycles. The maximum absolute atomic E-state index is 13.1. The number of hydrogen-bond acceptors (Lipinski definition) is 4. The minimum atomic E-state index is -3.93. The minimum absolute atomic E-state index is 0.0984. The number of benzene rings is 3. The van der Waals surface area contributed by atoms with Crippen molar-refractivity contribution in [2.24, 2.45) is 5.10 Å². The maximum atomic E-state index is 13.1. The van der Waals surface area contributed by atoms with E-state index in [1.165, 1.54) is 18.3 Å². The number of carbonyl (C=O) groups is 1. The lowest BCUT2D eigenvalue weighted by atomic mass is 10.2. The third-order valence-corrected chi connectivity index (χ3v) is 5.98. The molecule has 0 heterocycles. The van der Waals surface area contributed by atoms with Crippen molar-refractivity contribution >= 4 is 39.4 Å².